The van der Waals surface area contributed by atoms with E-state index < -0.39 is 21.9 Å². The topological polar surface area (TPSA) is 136 Å². The summed E-state index contributed by atoms with van der Waals surface area (Å²) in [5, 5.41) is 20.8. The molecule has 1 aliphatic carbocycles. The Morgan fingerprint density at radius 3 is 2.58 bits per heavy atom. The lowest BCUT2D eigenvalue weighted by molar-refractivity contribution is 0.0698. The lowest BCUT2D eigenvalue weighted by Crippen LogP contribution is -2.27. The number of carbonyl (C=O) groups is 2. The predicted octanol–water partition coefficient (Wildman–Crippen LogP) is 3.47. The lowest BCUT2D eigenvalue weighted by atomic mass is 10.1. The fourth-order valence-corrected chi connectivity index (χ4v) is 5.13. The molecule has 3 aromatic carbocycles. The molecular weight excluding hydrogens is 442 g/mol. The lowest BCUT2D eigenvalue weighted by Gasteiger charge is -2.15. The van der Waals surface area contributed by atoms with E-state index in [-0.39, 0.29) is 33.3 Å². The highest BCUT2D eigenvalue weighted by atomic mass is 32.2. The van der Waals surface area contributed by atoms with Crippen LogP contribution in [0.5, 0.6) is 0 Å². The second-order valence-electron chi connectivity index (χ2n) is 7.57. The molecule has 1 unspecified atom stereocenters. The monoisotopic (exact) mass is 461 g/mol. The Bertz CT molecular complexity index is 1410. The summed E-state index contributed by atoms with van der Waals surface area (Å²) in [5.41, 5.74) is 1.99. The molecule has 0 aromatic heterocycles. The zero-order chi connectivity index (χ0) is 23.6. The van der Waals surface area contributed by atoms with Crippen LogP contribution in [0.25, 0.3) is 0 Å². The van der Waals surface area contributed by atoms with Gasteiger partial charge in [0.2, 0.25) is 10.0 Å². The van der Waals surface area contributed by atoms with E-state index in [1.165, 1.54) is 36.4 Å². The zero-order valence-corrected chi connectivity index (χ0v) is 18.1. The van der Waals surface area contributed by atoms with Gasteiger partial charge in [0.15, 0.2) is 0 Å². The largest absolute Gasteiger partial charge is 0.478 e. The van der Waals surface area contributed by atoms with E-state index in [1.807, 2.05) is 30.3 Å². The van der Waals surface area contributed by atoms with Crippen LogP contribution < -0.4 is 10.0 Å². The molecule has 8 nitrogen and oxygen atoms in total. The van der Waals surface area contributed by atoms with E-state index >= 15 is 0 Å². The Kier molecular flexibility index (Phi) is 5.96. The highest BCUT2D eigenvalue weighted by Gasteiger charge is 2.27. The number of nitriles is 1. The molecule has 166 valence electrons. The number of anilines is 1. The Labute approximate surface area is 190 Å². The first kappa shape index (κ1) is 22.2. The molecule has 0 aliphatic heterocycles. The van der Waals surface area contributed by atoms with Gasteiger partial charge in [-0.1, -0.05) is 30.3 Å². The van der Waals surface area contributed by atoms with Crippen LogP contribution in [-0.2, 0) is 16.4 Å². The van der Waals surface area contributed by atoms with Crippen molar-refractivity contribution in [1.82, 2.24) is 4.72 Å². The SMILES string of the molecule is N#Cc1ccc(NC(=O)c2cccc(S(=O)(=O)NC3CCc4ccccc43)c2)c(C(=O)O)c1. The second kappa shape index (κ2) is 8.86. The highest BCUT2D eigenvalue weighted by Crippen LogP contribution is 2.32. The molecule has 0 bridgehead atoms. The maximum Gasteiger partial charge on any atom is 0.337 e. The van der Waals surface area contributed by atoms with Crippen LogP contribution in [0.4, 0.5) is 5.69 Å². The third kappa shape index (κ3) is 4.62. The summed E-state index contributed by atoms with van der Waals surface area (Å²) < 4.78 is 28.7. The Balaban J connectivity index is 1.56. The minimum absolute atomic E-state index is 0.000415. The molecule has 1 amide bonds. The van der Waals surface area contributed by atoms with Gasteiger partial charge in [-0.2, -0.15) is 5.26 Å². The maximum absolute atomic E-state index is 13.0. The molecule has 1 atom stereocenters. The molecule has 0 heterocycles. The van der Waals surface area contributed by atoms with Gasteiger partial charge < -0.3 is 10.4 Å². The standard InChI is InChI=1S/C24H19N3O5S/c25-14-15-8-10-21(20(12-15)24(29)30)26-23(28)17-5-3-6-18(13-17)33(31,32)27-22-11-9-16-4-1-2-7-19(16)22/h1-8,10,12-13,22,27H,9,11H2,(H,26,28)(H,29,30). The molecule has 0 spiro atoms. The van der Waals surface area contributed by atoms with Crippen LogP contribution in [0.1, 0.15) is 49.9 Å². The summed E-state index contributed by atoms with van der Waals surface area (Å²) in [6.45, 7) is 0. The van der Waals surface area contributed by atoms with Gasteiger partial charge in [-0.05, 0) is 60.4 Å². The average Bonchev–Trinajstić information content (AvgIpc) is 3.21. The summed E-state index contributed by atoms with van der Waals surface area (Å²) in [7, 11) is -3.91. The van der Waals surface area contributed by atoms with Gasteiger partial charge in [-0.3, -0.25) is 4.79 Å². The fourth-order valence-electron chi connectivity index (χ4n) is 3.83. The molecule has 9 heteroatoms. The number of aryl methyl sites for hydroxylation is 1. The van der Waals surface area contributed by atoms with Crippen molar-refractivity contribution in [3.8, 4) is 6.07 Å². The third-order valence-corrected chi connectivity index (χ3v) is 6.93. The number of carboxylic acid groups (broad SMARTS) is 1. The minimum atomic E-state index is -3.91. The van der Waals surface area contributed by atoms with E-state index in [4.69, 9.17) is 5.26 Å². The normalized spacial score (nSPS) is 14.8. The number of hydrogen-bond acceptors (Lipinski definition) is 5. The fraction of sp³-hybridized carbons (Fsp3) is 0.125. The van der Waals surface area contributed by atoms with Crippen LogP contribution in [0.2, 0.25) is 0 Å². The van der Waals surface area contributed by atoms with E-state index in [2.05, 4.69) is 10.0 Å². The average molecular weight is 461 g/mol. The van der Waals surface area contributed by atoms with Gasteiger partial charge in [0.25, 0.3) is 5.91 Å². The van der Waals surface area contributed by atoms with Gasteiger partial charge in [0.05, 0.1) is 27.8 Å². The van der Waals surface area contributed by atoms with Gasteiger partial charge in [0.1, 0.15) is 0 Å². The maximum atomic E-state index is 13.0. The van der Waals surface area contributed by atoms with Gasteiger partial charge in [-0.15, -0.1) is 0 Å². The smallest absolute Gasteiger partial charge is 0.337 e. The summed E-state index contributed by atoms with van der Waals surface area (Å²) in [4.78, 5) is 24.2. The molecule has 0 saturated carbocycles. The van der Waals surface area contributed by atoms with Crippen molar-refractivity contribution in [2.24, 2.45) is 0 Å². The summed E-state index contributed by atoms with van der Waals surface area (Å²) in [6.07, 6.45) is 1.43. The van der Waals surface area contributed by atoms with E-state index in [9.17, 15) is 23.1 Å². The quantitative estimate of drug-likeness (QED) is 0.514. The first-order valence-corrected chi connectivity index (χ1v) is 11.6. The van der Waals surface area contributed by atoms with Crippen molar-refractivity contribution in [3.63, 3.8) is 0 Å². The number of carbonyl (C=O) groups excluding carboxylic acids is 1. The number of aromatic carboxylic acids is 1. The number of benzene rings is 3. The summed E-state index contributed by atoms with van der Waals surface area (Å²) in [6, 6.07) is 18.5. The van der Waals surface area contributed by atoms with Crippen LogP contribution in [0, 0.1) is 11.3 Å². The van der Waals surface area contributed by atoms with Crippen molar-refractivity contribution in [2.75, 3.05) is 5.32 Å². The molecule has 3 aromatic rings. The Hall–Kier alpha value is -4.00. The van der Waals surface area contributed by atoms with Gasteiger partial charge in [0, 0.05) is 11.6 Å². The second-order valence-corrected chi connectivity index (χ2v) is 9.28. The Morgan fingerprint density at radius 1 is 1.03 bits per heavy atom. The van der Waals surface area contributed by atoms with Crippen LogP contribution >= 0.6 is 0 Å². The summed E-state index contributed by atoms with van der Waals surface area (Å²) >= 11 is 0. The number of sulfonamides is 1. The zero-order valence-electron chi connectivity index (χ0n) is 17.3. The molecule has 4 rings (SSSR count). The number of fused-ring (bicyclic) bond motifs is 1. The molecule has 1 aliphatic rings. The van der Waals surface area contributed by atoms with Crippen LogP contribution in [0.3, 0.4) is 0 Å². The van der Waals surface area contributed by atoms with Crippen molar-refractivity contribution in [3.05, 3.63) is 94.5 Å². The molecule has 33 heavy (non-hydrogen) atoms. The highest BCUT2D eigenvalue weighted by molar-refractivity contribution is 7.89. The first-order chi connectivity index (χ1) is 15.8. The van der Waals surface area contributed by atoms with Crippen molar-refractivity contribution >= 4 is 27.6 Å². The molecular formula is C24H19N3O5S. The van der Waals surface area contributed by atoms with Crippen LogP contribution in [-0.4, -0.2) is 25.4 Å². The molecule has 0 fully saturated rings. The van der Waals surface area contributed by atoms with Crippen LogP contribution in [0.15, 0.2) is 71.6 Å². The third-order valence-electron chi connectivity index (χ3n) is 5.46. The number of nitrogens with zero attached hydrogens (tertiary/aromatic N) is 1. The number of hydrogen-bond donors (Lipinski definition) is 3. The van der Waals surface area contributed by atoms with E-state index in [1.54, 1.807) is 0 Å². The molecule has 0 saturated heterocycles. The van der Waals surface area contributed by atoms with E-state index in [0.717, 1.165) is 23.6 Å². The van der Waals surface area contributed by atoms with Crippen molar-refractivity contribution in [2.45, 2.75) is 23.8 Å². The predicted molar refractivity (Wildman–Crippen MR) is 120 cm³/mol. The Morgan fingerprint density at radius 2 is 1.82 bits per heavy atom. The minimum Gasteiger partial charge on any atom is -0.478 e. The number of carboxylic acids is 1. The number of amides is 1. The first-order valence-electron chi connectivity index (χ1n) is 10.1. The van der Waals surface area contributed by atoms with Crippen molar-refractivity contribution in [1.29, 1.82) is 5.26 Å². The van der Waals surface area contributed by atoms with Gasteiger partial charge in [-0.25, -0.2) is 17.9 Å². The molecule has 3 N–H and O–H groups in total. The summed E-state index contributed by atoms with van der Waals surface area (Å²) in [5.74, 6) is -1.98. The van der Waals surface area contributed by atoms with E-state index in [0.29, 0.717) is 6.42 Å². The van der Waals surface area contributed by atoms with Gasteiger partial charge >= 0.3 is 5.97 Å². The molecule has 0 radical (unpaired) electrons. The number of nitrogens with one attached hydrogen (secondary N) is 2. The van der Waals surface area contributed by atoms with Crippen molar-refractivity contribution < 1.29 is 23.1 Å². The number of rotatable bonds is 6.